The molecule has 0 amide bonds. The van der Waals surface area contributed by atoms with Crippen molar-refractivity contribution < 1.29 is 9.13 Å². The molecule has 2 aromatic heterocycles. The molecule has 0 fully saturated rings. The van der Waals surface area contributed by atoms with E-state index in [-0.39, 0.29) is 5.38 Å². The van der Waals surface area contributed by atoms with Gasteiger partial charge in [-0.05, 0) is 44.8 Å². The lowest BCUT2D eigenvalue weighted by Gasteiger charge is -2.08. The lowest BCUT2D eigenvalue weighted by molar-refractivity contribution is -0.672. The molecule has 0 aliphatic heterocycles. The number of fused-ring (bicyclic) bond motifs is 3. The maximum Gasteiger partial charge on any atom is 0.213 e. The first-order valence-corrected chi connectivity index (χ1v) is 15.8. The van der Waals surface area contributed by atoms with Crippen LogP contribution in [-0.2, 0) is 13.1 Å². The molecule has 0 N–H and O–H groups in total. The fourth-order valence-electron chi connectivity index (χ4n) is 6.09. The Hall–Kier alpha value is -4.01. The van der Waals surface area contributed by atoms with Crippen molar-refractivity contribution >= 4 is 56.7 Å². The van der Waals surface area contributed by atoms with Gasteiger partial charge in [0.15, 0.2) is 12.4 Å². The predicted molar refractivity (Wildman–Crippen MR) is 178 cm³/mol. The molecule has 3 aromatic carbocycles. The number of benzene rings is 3. The lowest BCUT2D eigenvalue weighted by Crippen LogP contribution is -2.34. The van der Waals surface area contributed by atoms with Crippen molar-refractivity contribution in [3.05, 3.63) is 131 Å². The molecule has 2 heterocycles. The van der Waals surface area contributed by atoms with E-state index in [0.29, 0.717) is 0 Å². The van der Waals surface area contributed by atoms with Crippen molar-refractivity contribution in [2.24, 2.45) is 0 Å². The molecule has 1 aliphatic rings. The maximum absolute atomic E-state index is 7.26. The normalized spacial score (nSPS) is 15.1. The fourth-order valence-corrected chi connectivity index (χ4v) is 6.47. The molecule has 1 aliphatic carbocycles. The monoisotopic (exact) mass is 570 g/mol. The largest absolute Gasteiger partial charge is 0.213 e. The number of rotatable bonds is 10. The van der Waals surface area contributed by atoms with Gasteiger partial charge in [0, 0.05) is 37.1 Å². The maximum atomic E-state index is 7.26. The van der Waals surface area contributed by atoms with Crippen LogP contribution in [0.5, 0.6) is 0 Å². The smallest absolute Gasteiger partial charge is 0.198 e. The molecule has 0 saturated heterocycles. The highest BCUT2D eigenvalue weighted by Gasteiger charge is 2.21. The number of halogens is 1. The van der Waals surface area contributed by atoms with Crippen LogP contribution in [0.4, 0.5) is 0 Å². The highest BCUT2D eigenvalue weighted by atomic mass is 35.5. The van der Waals surface area contributed by atoms with Crippen LogP contribution in [0, 0.1) is 0 Å². The number of nitrogens with zero attached hydrogens (tertiary/aromatic N) is 2. The van der Waals surface area contributed by atoms with Gasteiger partial charge in [0.2, 0.25) is 11.0 Å². The summed E-state index contributed by atoms with van der Waals surface area (Å²) >= 11 is 7.26. The first-order valence-electron chi connectivity index (χ1n) is 15.4. The first kappa shape index (κ1) is 28.1. The molecule has 6 rings (SSSR count). The number of unbranched alkanes of at least 4 members (excludes halogenated alkanes) is 2. The molecule has 0 bridgehead atoms. The Labute approximate surface area is 254 Å². The Morgan fingerprint density at radius 2 is 1.00 bits per heavy atom. The van der Waals surface area contributed by atoms with Crippen molar-refractivity contribution in [2.45, 2.75) is 58.0 Å². The van der Waals surface area contributed by atoms with Gasteiger partial charge in [-0.25, -0.2) is 0 Å². The second kappa shape index (κ2) is 12.9. The van der Waals surface area contributed by atoms with Gasteiger partial charge in [0.1, 0.15) is 13.1 Å². The third kappa shape index (κ3) is 5.56. The first-order chi connectivity index (χ1) is 20.7. The standard InChI is InChI=1S/C39H39ClN2/c1-3-5-25-41-27-23-29(31-13-9-11-17-37(31)41)19-21-35-33-15-7-8-16-34(33)36(39(35)40)22-20-30-24-28-42(26-6-4-2)38-18-12-10-14-32(30)38/h7-24,27-28,39H,3-6,25-26H2,1-2H3/q+2. The second-order valence-corrected chi connectivity index (χ2v) is 11.6. The molecule has 0 radical (unpaired) electrons. The van der Waals surface area contributed by atoms with Gasteiger partial charge in [-0.15, -0.1) is 11.6 Å². The van der Waals surface area contributed by atoms with Crippen molar-refractivity contribution in [1.29, 1.82) is 0 Å². The zero-order valence-corrected chi connectivity index (χ0v) is 25.4. The summed E-state index contributed by atoms with van der Waals surface area (Å²) in [7, 11) is 0. The molecule has 0 unspecified atom stereocenters. The zero-order valence-electron chi connectivity index (χ0n) is 24.6. The number of allylic oxidation sites excluding steroid dienone is 2. The van der Waals surface area contributed by atoms with Crippen LogP contribution in [-0.4, -0.2) is 5.38 Å². The van der Waals surface area contributed by atoms with Crippen LogP contribution < -0.4 is 19.6 Å². The van der Waals surface area contributed by atoms with E-state index in [1.165, 1.54) is 69.1 Å². The molecule has 5 aromatic rings. The van der Waals surface area contributed by atoms with E-state index in [1.807, 2.05) is 0 Å². The van der Waals surface area contributed by atoms with Gasteiger partial charge < -0.3 is 0 Å². The predicted octanol–water partition coefficient (Wildman–Crippen LogP) is 7.52. The van der Waals surface area contributed by atoms with Gasteiger partial charge >= 0.3 is 0 Å². The van der Waals surface area contributed by atoms with E-state index in [4.69, 9.17) is 11.6 Å². The minimum absolute atomic E-state index is 0.219. The summed E-state index contributed by atoms with van der Waals surface area (Å²) in [5, 5.41) is 4.73. The van der Waals surface area contributed by atoms with E-state index in [9.17, 15) is 0 Å². The van der Waals surface area contributed by atoms with Gasteiger partial charge in [-0.2, -0.15) is 9.13 Å². The summed E-state index contributed by atoms with van der Waals surface area (Å²) in [5.41, 5.74) is 7.26. The molecule has 0 saturated carbocycles. The average Bonchev–Trinajstić information content (AvgIpc) is 3.31. The van der Waals surface area contributed by atoms with Crippen LogP contribution >= 0.6 is 11.6 Å². The van der Waals surface area contributed by atoms with Gasteiger partial charge in [0.05, 0.1) is 16.1 Å². The highest BCUT2D eigenvalue weighted by Crippen LogP contribution is 2.28. The SMILES string of the molecule is CCCC[n+]1ccc(C=CC2=c3ccccc3=C(C=Cc3cc[n+](CCCC)c4ccccc34)C2Cl)c2ccccc21. The molecule has 0 spiro atoms. The highest BCUT2D eigenvalue weighted by molar-refractivity contribution is 6.32. The van der Waals surface area contributed by atoms with Crippen LogP contribution in [0.3, 0.4) is 0 Å². The number of hydrogen-bond donors (Lipinski definition) is 0. The van der Waals surface area contributed by atoms with Crippen LogP contribution in [0.2, 0.25) is 0 Å². The van der Waals surface area contributed by atoms with Crippen LogP contribution in [0.15, 0.2) is 109 Å². The van der Waals surface area contributed by atoms with Crippen molar-refractivity contribution in [3.8, 4) is 0 Å². The van der Waals surface area contributed by atoms with Gasteiger partial charge in [-0.1, -0.05) is 99.5 Å². The number of para-hydroxylation sites is 2. The summed E-state index contributed by atoms with van der Waals surface area (Å²) < 4.78 is 4.74. The number of alkyl halides is 1. The van der Waals surface area contributed by atoms with Crippen molar-refractivity contribution in [1.82, 2.24) is 0 Å². The van der Waals surface area contributed by atoms with E-state index in [1.54, 1.807) is 0 Å². The minimum Gasteiger partial charge on any atom is -0.198 e. The Kier molecular flexibility index (Phi) is 8.63. The van der Waals surface area contributed by atoms with Gasteiger partial charge in [-0.3, -0.25) is 0 Å². The zero-order chi connectivity index (χ0) is 28.9. The van der Waals surface area contributed by atoms with E-state index in [2.05, 4.69) is 145 Å². The van der Waals surface area contributed by atoms with E-state index >= 15 is 0 Å². The van der Waals surface area contributed by atoms with Crippen molar-refractivity contribution in [2.75, 3.05) is 0 Å². The lowest BCUT2D eigenvalue weighted by atomic mass is 10.0. The molecule has 210 valence electrons. The molecule has 3 heteroatoms. The fraction of sp³-hybridized carbons (Fsp3) is 0.231. The molecule has 42 heavy (non-hydrogen) atoms. The van der Waals surface area contributed by atoms with Crippen LogP contribution in [0.1, 0.15) is 50.7 Å². The summed E-state index contributed by atoms with van der Waals surface area (Å²) in [5.74, 6) is 0. The summed E-state index contributed by atoms with van der Waals surface area (Å²) in [4.78, 5) is 0. The van der Waals surface area contributed by atoms with E-state index in [0.717, 1.165) is 24.2 Å². The topological polar surface area (TPSA) is 7.76 Å². The number of aryl methyl sites for hydroxylation is 2. The third-order valence-electron chi connectivity index (χ3n) is 8.40. The molecule has 2 nitrogen and oxygen atoms in total. The Morgan fingerprint density at radius 3 is 1.45 bits per heavy atom. The number of pyridine rings is 2. The van der Waals surface area contributed by atoms with E-state index < -0.39 is 0 Å². The summed E-state index contributed by atoms with van der Waals surface area (Å²) in [6.45, 7) is 6.56. The summed E-state index contributed by atoms with van der Waals surface area (Å²) in [6, 6.07) is 30.5. The van der Waals surface area contributed by atoms with Crippen molar-refractivity contribution in [3.63, 3.8) is 0 Å². The minimum atomic E-state index is -0.219. The number of hydrogen-bond acceptors (Lipinski definition) is 0. The number of aromatic nitrogens is 2. The molecular weight excluding hydrogens is 532 g/mol. The Bertz CT molecular complexity index is 1790. The Morgan fingerprint density at radius 1 is 0.571 bits per heavy atom. The quantitative estimate of drug-likeness (QED) is 0.121. The summed E-state index contributed by atoms with van der Waals surface area (Å²) in [6.07, 6.45) is 18.1. The average molecular weight is 571 g/mol. The van der Waals surface area contributed by atoms with Crippen LogP contribution in [0.25, 0.3) is 45.1 Å². The Balaban J connectivity index is 1.37. The molecule has 0 atom stereocenters. The second-order valence-electron chi connectivity index (χ2n) is 11.2. The van der Waals surface area contributed by atoms with Gasteiger partial charge in [0.25, 0.3) is 0 Å². The third-order valence-corrected chi connectivity index (χ3v) is 8.87. The molecular formula is C39H39ClN2+2.